The van der Waals surface area contributed by atoms with Crippen molar-refractivity contribution in [2.45, 2.75) is 18.9 Å². The van der Waals surface area contributed by atoms with Gasteiger partial charge in [-0.05, 0) is 37.1 Å². The van der Waals surface area contributed by atoms with Crippen LogP contribution < -0.4 is 15.8 Å². The molecule has 1 aromatic carbocycles. The first-order chi connectivity index (χ1) is 11.1. The molecule has 1 aromatic rings. The fourth-order valence-corrected chi connectivity index (χ4v) is 2.58. The van der Waals surface area contributed by atoms with Crippen molar-refractivity contribution >= 4 is 11.8 Å². The maximum Gasteiger partial charge on any atom is 0.251 e. The summed E-state index contributed by atoms with van der Waals surface area (Å²) < 4.78 is 5.39. The van der Waals surface area contributed by atoms with Gasteiger partial charge in [-0.2, -0.15) is 0 Å². The van der Waals surface area contributed by atoms with Gasteiger partial charge in [0.1, 0.15) is 12.4 Å². The Morgan fingerprint density at radius 2 is 1.96 bits per heavy atom. The minimum absolute atomic E-state index is 0.0892. The Labute approximate surface area is 136 Å². The molecule has 0 atom stereocenters. The summed E-state index contributed by atoms with van der Waals surface area (Å²) in [5.74, 6) is 0.307. The van der Waals surface area contributed by atoms with E-state index in [2.05, 4.69) is 11.9 Å². The van der Waals surface area contributed by atoms with Crippen LogP contribution in [0.4, 0.5) is 0 Å². The van der Waals surface area contributed by atoms with Gasteiger partial charge in [-0.15, -0.1) is 0 Å². The maximum atomic E-state index is 12.2. The van der Waals surface area contributed by atoms with E-state index in [1.807, 2.05) is 4.90 Å². The lowest BCUT2D eigenvalue weighted by Gasteiger charge is -2.31. The molecule has 0 aromatic heterocycles. The molecule has 0 spiro atoms. The number of nitrogens with zero attached hydrogens (tertiary/aromatic N) is 1. The second-order valence-electron chi connectivity index (χ2n) is 5.61. The number of hydrogen-bond donors (Lipinski definition) is 2. The number of ether oxygens (including phenoxy) is 1. The number of primary amides is 1. The average Bonchev–Trinajstić information content (AvgIpc) is 2.54. The molecule has 6 nitrogen and oxygen atoms in total. The number of amides is 2. The smallest absolute Gasteiger partial charge is 0.251 e. The molecule has 1 aliphatic heterocycles. The molecule has 1 fully saturated rings. The Bertz CT molecular complexity index is 549. The van der Waals surface area contributed by atoms with Crippen LogP contribution in [-0.4, -0.2) is 49.0 Å². The SMILES string of the molecule is C=CCOc1ccc(C(=O)NC2CCN(CC(N)=O)CC2)cc1. The van der Waals surface area contributed by atoms with Crippen molar-refractivity contribution in [2.24, 2.45) is 5.73 Å². The van der Waals surface area contributed by atoms with E-state index in [-0.39, 0.29) is 24.4 Å². The monoisotopic (exact) mass is 317 g/mol. The van der Waals surface area contributed by atoms with Crippen molar-refractivity contribution in [2.75, 3.05) is 26.2 Å². The number of likely N-dealkylation sites (tertiary alicyclic amines) is 1. The summed E-state index contributed by atoms with van der Waals surface area (Å²) in [4.78, 5) is 25.2. The van der Waals surface area contributed by atoms with Crippen LogP contribution in [-0.2, 0) is 4.79 Å². The first-order valence-electron chi connectivity index (χ1n) is 7.73. The molecule has 124 valence electrons. The molecule has 3 N–H and O–H groups in total. The fraction of sp³-hybridized carbons (Fsp3) is 0.412. The second kappa shape index (κ2) is 8.33. The van der Waals surface area contributed by atoms with Gasteiger partial charge in [0, 0.05) is 24.7 Å². The Morgan fingerprint density at radius 1 is 1.30 bits per heavy atom. The lowest BCUT2D eigenvalue weighted by molar-refractivity contribution is -0.119. The average molecular weight is 317 g/mol. The molecule has 1 heterocycles. The van der Waals surface area contributed by atoms with Crippen LogP contribution in [0.1, 0.15) is 23.2 Å². The van der Waals surface area contributed by atoms with Gasteiger partial charge >= 0.3 is 0 Å². The topological polar surface area (TPSA) is 84.7 Å². The van der Waals surface area contributed by atoms with Crippen molar-refractivity contribution in [3.05, 3.63) is 42.5 Å². The van der Waals surface area contributed by atoms with E-state index >= 15 is 0 Å². The third kappa shape index (κ3) is 5.41. The molecule has 0 bridgehead atoms. The van der Waals surface area contributed by atoms with Crippen molar-refractivity contribution in [1.29, 1.82) is 0 Å². The first kappa shape index (κ1) is 17.0. The van der Waals surface area contributed by atoms with E-state index in [9.17, 15) is 9.59 Å². The van der Waals surface area contributed by atoms with E-state index in [1.54, 1.807) is 30.3 Å². The van der Waals surface area contributed by atoms with Crippen LogP contribution in [0.25, 0.3) is 0 Å². The number of rotatable bonds is 7. The van der Waals surface area contributed by atoms with Gasteiger partial charge < -0.3 is 15.8 Å². The predicted molar refractivity (Wildman–Crippen MR) is 88.3 cm³/mol. The first-order valence-corrected chi connectivity index (χ1v) is 7.73. The number of piperidine rings is 1. The van der Waals surface area contributed by atoms with Gasteiger partial charge in [0.25, 0.3) is 5.91 Å². The maximum absolute atomic E-state index is 12.2. The molecule has 1 saturated heterocycles. The van der Waals surface area contributed by atoms with Crippen molar-refractivity contribution in [3.63, 3.8) is 0 Å². The van der Waals surface area contributed by atoms with E-state index < -0.39 is 0 Å². The highest BCUT2D eigenvalue weighted by molar-refractivity contribution is 5.94. The Balaban J connectivity index is 1.80. The lowest BCUT2D eigenvalue weighted by Crippen LogP contribution is -2.46. The zero-order valence-corrected chi connectivity index (χ0v) is 13.2. The number of benzene rings is 1. The molecule has 0 unspecified atom stereocenters. The highest BCUT2D eigenvalue weighted by Gasteiger charge is 2.21. The third-order valence-corrected chi connectivity index (χ3v) is 3.79. The van der Waals surface area contributed by atoms with Crippen LogP contribution in [0.2, 0.25) is 0 Å². The van der Waals surface area contributed by atoms with Gasteiger partial charge in [0.05, 0.1) is 6.54 Å². The summed E-state index contributed by atoms with van der Waals surface area (Å²) in [6.07, 6.45) is 3.31. The largest absolute Gasteiger partial charge is 0.490 e. The van der Waals surface area contributed by atoms with Gasteiger partial charge in [-0.25, -0.2) is 0 Å². The highest BCUT2D eigenvalue weighted by atomic mass is 16.5. The van der Waals surface area contributed by atoms with Crippen molar-refractivity contribution in [1.82, 2.24) is 10.2 Å². The van der Waals surface area contributed by atoms with Crippen LogP contribution in [0, 0.1) is 0 Å². The summed E-state index contributed by atoms with van der Waals surface area (Å²) in [6, 6.07) is 7.16. The zero-order chi connectivity index (χ0) is 16.7. The minimum atomic E-state index is -0.314. The number of nitrogens with one attached hydrogen (secondary N) is 1. The highest BCUT2D eigenvalue weighted by Crippen LogP contribution is 2.14. The molecular formula is C17H23N3O3. The molecule has 0 aliphatic carbocycles. The minimum Gasteiger partial charge on any atom is -0.490 e. The molecule has 2 rings (SSSR count). The zero-order valence-electron chi connectivity index (χ0n) is 13.2. The van der Waals surface area contributed by atoms with Crippen LogP contribution >= 0.6 is 0 Å². The quantitative estimate of drug-likeness (QED) is 0.733. The molecule has 2 amide bonds. The molecule has 6 heteroatoms. The third-order valence-electron chi connectivity index (χ3n) is 3.79. The van der Waals surface area contributed by atoms with E-state index in [1.165, 1.54) is 0 Å². The number of carbonyl (C=O) groups excluding carboxylic acids is 2. The van der Waals surface area contributed by atoms with Gasteiger partial charge in [0.15, 0.2) is 0 Å². The summed E-state index contributed by atoms with van der Waals surface area (Å²) >= 11 is 0. The lowest BCUT2D eigenvalue weighted by atomic mass is 10.0. The second-order valence-corrected chi connectivity index (χ2v) is 5.61. The molecule has 0 radical (unpaired) electrons. The standard InChI is InChI=1S/C17H23N3O3/c1-2-11-23-15-5-3-13(4-6-15)17(22)19-14-7-9-20(10-8-14)12-16(18)21/h2-6,14H,1,7-12H2,(H2,18,21)(H,19,22). The van der Waals surface area contributed by atoms with Crippen LogP contribution in [0.15, 0.2) is 36.9 Å². The van der Waals surface area contributed by atoms with Crippen LogP contribution in [0.5, 0.6) is 5.75 Å². The number of hydrogen-bond acceptors (Lipinski definition) is 4. The summed E-state index contributed by atoms with van der Waals surface area (Å²) in [5, 5.41) is 3.03. The predicted octanol–water partition coefficient (Wildman–Crippen LogP) is 0.931. The summed E-state index contributed by atoms with van der Waals surface area (Å²) in [5.41, 5.74) is 5.80. The van der Waals surface area contributed by atoms with Crippen molar-refractivity contribution in [3.8, 4) is 5.75 Å². The van der Waals surface area contributed by atoms with E-state index in [0.29, 0.717) is 17.9 Å². The fourth-order valence-electron chi connectivity index (χ4n) is 2.58. The van der Waals surface area contributed by atoms with Crippen LogP contribution in [0.3, 0.4) is 0 Å². The normalized spacial score (nSPS) is 15.8. The van der Waals surface area contributed by atoms with Gasteiger partial charge in [0.2, 0.25) is 5.91 Å². The van der Waals surface area contributed by atoms with Gasteiger partial charge in [-0.1, -0.05) is 12.7 Å². The summed E-state index contributed by atoms with van der Waals surface area (Å²) in [6.45, 7) is 5.85. The molecule has 23 heavy (non-hydrogen) atoms. The van der Waals surface area contributed by atoms with Crippen molar-refractivity contribution < 1.29 is 14.3 Å². The number of nitrogens with two attached hydrogens (primary N) is 1. The Kier molecular flexibility index (Phi) is 6.17. The summed E-state index contributed by atoms with van der Waals surface area (Å²) in [7, 11) is 0. The van der Waals surface area contributed by atoms with Gasteiger partial charge in [-0.3, -0.25) is 14.5 Å². The van der Waals surface area contributed by atoms with E-state index in [0.717, 1.165) is 25.9 Å². The Hall–Kier alpha value is -2.34. The molecular weight excluding hydrogens is 294 g/mol. The Morgan fingerprint density at radius 3 is 2.52 bits per heavy atom. The molecule has 0 saturated carbocycles. The number of carbonyl (C=O) groups is 2. The molecule has 1 aliphatic rings. The van der Waals surface area contributed by atoms with E-state index in [4.69, 9.17) is 10.5 Å².